The van der Waals surface area contributed by atoms with Gasteiger partial charge in [0.2, 0.25) is 6.10 Å². The van der Waals surface area contributed by atoms with Gasteiger partial charge >= 0.3 is 26.1 Å². The number of carboxylic acids is 1. The minimum Gasteiger partial charge on any atom is -0.541 e. The van der Waals surface area contributed by atoms with Crippen molar-refractivity contribution in [3.8, 4) is 0 Å². The fourth-order valence-corrected chi connectivity index (χ4v) is 2.79. The first-order valence-electron chi connectivity index (χ1n) is 8.20. The average molecular weight is 401 g/mol. The van der Waals surface area contributed by atoms with Crippen LogP contribution in [0.1, 0.15) is 34.6 Å². The van der Waals surface area contributed by atoms with Crippen LogP contribution in [0, 0.1) is 5.92 Å². The molecule has 12 heteroatoms. The molecule has 1 amide bonds. The van der Waals surface area contributed by atoms with E-state index in [0.717, 1.165) is 11.8 Å². The van der Waals surface area contributed by atoms with Gasteiger partial charge in [-0.15, -0.1) is 0 Å². The number of thioether (sulfide) groups is 1. The highest BCUT2D eigenvalue weighted by molar-refractivity contribution is 8.14. The van der Waals surface area contributed by atoms with Gasteiger partial charge in [-0.25, -0.2) is 14.4 Å². The molecule has 0 radical (unpaired) electrons. The Morgan fingerprint density at radius 2 is 2.00 bits per heavy atom. The number of carboxylic acid groups (broad SMARTS) is 1. The molecule has 0 saturated carbocycles. The Morgan fingerprint density at radius 1 is 1.37 bits per heavy atom. The van der Waals surface area contributed by atoms with Gasteiger partial charge in [0.25, 0.3) is 0 Å². The number of carbonyl (C=O) groups excluding carboxylic acids is 2. The Kier molecular flexibility index (Phi) is 8.13. The second-order valence-electron chi connectivity index (χ2n) is 6.96. The van der Waals surface area contributed by atoms with Gasteiger partial charge in [-0.1, -0.05) is 30.8 Å². The van der Waals surface area contributed by atoms with E-state index in [1.165, 1.54) is 8.05 Å². The Morgan fingerprint density at radius 3 is 2.48 bits per heavy atom. The lowest BCUT2D eigenvalue weighted by Gasteiger charge is -2.19. The van der Waals surface area contributed by atoms with Gasteiger partial charge in [-0.3, -0.25) is 10.3 Å². The van der Waals surface area contributed by atoms with Crippen molar-refractivity contribution in [2.45, 2.75) is 52.4 Å². The molecule has 1 aliphatic heterocycles. The Bertz CT molecular complexity index is 646. The maximum absolute atomic E-state index is 11.8. The summed E-state index contributed by atoms with van der Waals surface area (Å²) >= 11 is 1.15. The maximum Gasteiger partial charge on any atom is 0.413 e. The molecule has 0 saturated heterocycles. The number of amides is 1. The lowest BCUT2D eigenvalue weighted by molar-refractivity contribution is -0.150. The molecule has 1 heterocycles. The van der Waals surface area contributed by atoms with Gasteiger partial charge in [0.1, 0.15) is 11.6 Å². The van der Waals surface area contributed by atoms with Crippen molar-refractivity contribution in [3.63, 3.8) is 0 Å². The van der Waals surface area contributed by atoms with E-state index < -0.39 is 35.8 Å². The predicted molar refractivity (Wildman–Crippen MR) is 102 cm³/mol. The Labute approximate surface area is 162 Å². The van der Waals surface area contributed by atoms with E-state index in [1.807, 2.05) is 0 Å². The Balaban J connectivity index is 2.86. The van der Waals surface area contributed by atoms with E-state index in [1.54, 1.807) is 34.6 Å². The molecule has 0 aromatic rings. The first-order valence-corrected chi connectivity index (χ1v) is 9.18. The van der Waals surface area contributed by atoms with Gasteiger partial charge in [0, 0.05) is 11.7 Å². The molecule has 0 aliphatic carbocycles. The summed E-state index contributed by atoms with van der Waals surface area (Å²) in [5.41, 5.74) is -1.05. The normalized spacial score (nSPS) is 18.5. The third-order valence-electron chi connectivity index (χ3n) is 3.10. The summed E-state index contributed by atoms with van der Waals surface area (Å²) in [6.45, 7) is 8.59. The summed E-state index contributed by atoms with van der Waals surface area (Å²) in [6.07, 6.45) is -1.73. The van der Waals surface area contributed by atoms with Crippen LogP contribution in [0.25, 0.3) is 0 Å². The predicted octanol–water partition coefficient (Wildman–Crippen LogP) is 0.556. The number of oxime groups is 1. The third-order valence-corrected chi connectivity index (χ3v) is 4.06. The zero-order chi connectivity index (χ0) is 20.8. The fraction of sp³-hybridized carbons (Fsp3) is 0.667. The molecule has 2 N–H and O–H groups in total. The fourth-order valence-electron chi connectivity index (χ4n) is 1.88. The zero-order valence-corrected chi connectivity index (χ0v) is 17.0. The van der Waals surface area contributed by atoms with Gasteiger partial charge in [-0.2, -0.15) is 0 Å². The number of amidine groups is 1. The minimum absolute atomic E-state index is 0.219. The van der Waals surface area contributed by atoms with Gasteiger partial charge in [0.05, 0.1) is 0 Å². The Hall–Kier alpha value is -2.24. The summed E-state index contributed by atoms with van der Waals surface area (Å²) < 4.78 is 9.74. The summed E-state index contributed by atoms with van der Waals surface area (Å²) in [5.74, 6) is -2.03. The van der Waals surface area contributed by atoms with Crippen LogP contribution >= 0.6 is 11.8 Å². The largest absolute Gasteiger partial charge is 0.541 e. The topological polar surface area (TPSA) is 136 Å². The van der Waals surface area contributed by atoms with Crippen molar-refractivity contribution in [3.05, 3.63) is 0 Å². The highest BCUT2D eigenvalue weighted by Crippen LogP contribution is 2.19. The molecule has 150 valence electrons. The molecule has 1 aliphatic rings. The van der Waals surface area contributed by atoms with E-state index in [9.17, 15) is 19.5 Å². The van der Waals surface area contributed by atoms with E-state index in [2.05, 4.69) is 20.1 Å². The smallest absolute Gasteiger partial charge is 0.413 e. The number of alkyl carbamates (subject to hydrolysis) is 1. The van der Waals surface area contributed by atoms with Crippen molar-refractivity contribution < 1.29 is 33.7 Å². The first kappa shape index (κ1) is 22.8. The number of carbonyl (C=O) groups is 3. The molecule has 2 atom stereocenters. The molecule has 27 heavy (non-hydrogen) atoms. The number of rotatable bonds is 6. The van der Waals surface area contributed by atoms with Crippen LogP contribution in [0.2, 0.25) is 0 Å². The van der Waals surface area contributed by atoms with Crippen LogP contribution < -0.4 is 5.32 Å². The number of aliphatic imine (C=N–C) groups is 1. The zero-order valence-electron chi connectivity index (χ0n) is 16.1. The van der Waals surface area contributed by atoms with E-state index in [4.69, 9.17) is 9.57 Å². The molecule has 1 unspecified atom stereocenters. The quantitative estimate of drug-likeness (QED) is 0.374. The molecular formula is C15H24BN3O7S. The molecular weight excluding hydrogens is 377 g/mol. The molecule has 0 spiro atoms. The highest BCUT2D eigenvalue weighted by Gasteiger charge is 2.32. The lowest BCUT2D eigenvalue weighted by Crippen LogP contribution is -2.35. The summed E-state index contributed by atoms with van der Waals surface area (Å²) in [4.78, 5) is 44.2. The van der Waals surface area contributed by atoms with Crippen molar-refractivity contribution in [1.29, 1.82) is 0 Å². The highest BCUT2D eigenvalue weighted by atomic mass is 32.2. The van der Waals surface area contributed by atoms with E-state index in [-0.39, 0.29) is 22.6 Å². The van der Waals surface area contributed by atoms with Gasteiger partial charge < -0.3 is 19.3 Å². The number of hydrogen-bond acceptors (Lipinski definition) is 9. The molecule has 0 fully saturated rings. The molecule has 10 nitrogen and oxygen atoms in total. The number of aliphatic carboxylic acids is 1. The SMILES string of the molecule is BOC(=O)[C@@H](O/N=C(\C(=O)O)C1CSC(NC(=O)OC(C)(C)C)=N1)C(C)C. The van der Waals surface area contributed by atoms with Crippen LogP contribution in [-0.2, 0) is 23.8 Å². The number of hydrogen-bond donors (Lipinski definition) is 2. The lowest BCUT2D eigenvalue weighted by atomic mass is 10.1. The van der Waals surface area contributed by atoms with Crippen LogP contribution in [0.5, 0.6) is 0 Å². The van der Waals surface area contributed by atoms with Crippen molar-refractivity contribution in [2.75, 3.05) is 5.75 Å². The molecule has 0 bridgehead atoms. The first-order chi connectivity index (χ1) is 12.4. The van der Waals surface area contributed by atoms with Crippen molar-refractivity contribution in [1.82, 2.24) is 5.32 Å². The second-order valence-corrected chi connectivity index (χ2v) is 7.97. The third kappa shape index (κ3) is 7.49. The standard InChI is InChI=1S/C15H24BN3O7S/c1-7(2)10(12(22)25-16)26-19-9(11(20)21)8-6-27-13(17-8)18-14(23)24-15(3,4)5/h7-8,10H,6,16H2,1-5H3,(H,20,21)(H,17,18,23)/b19-9-/t8?,10-/m0/s1. The average Bonchev–Trinajstić information content (AvgIpc) is 2.95. The van der Waals surface area contributed by atoms with Crippen molar-refractivity contribution >= 4 is 48.7 Å². The number of nitrogens with zero attached hydrogens (tertiary/aromatic N) is 2. The maximum atomic E-state index is 11.8. The van der Waals surface area contributed by atoms with Crippen LogP contribution in [0.3, 0.4) is 0 Å². The van der Waals surface area contributed by atoms with Gasteiger partial charge in [-0.05, 0) is 20.8 Å². The minimum atomic E-state index is -1.34. The monoisotopic (exact) mass is 401 g/mol. The van der Waals surface area contributed by atoms with Crippen molar-refractivity contribution in [2.24, 2.45) is 16.1 Å². The van der Waals surface area contributed by atoms with E-state index >= 15 is 0 Å². The van der Waals surface area contributed by atoms with Crippen LogP contribution in [0.4, 0.5) is 4.79 Å². The summed E-state index contributed by atoms with van der Waals surface area (Å²) in [6, 6.07) is -0.845. The summed E-state index contributed by atoms with van der Waals surface area (Å²) in [5, 5.41) is 15.7. The van der Waals surface area contributed by atoms with Crippen LogP contribution in [-0.4, -0.2) is 65.6 Å². The molecule has 0 aromatic carbocycles. The summed E-state index contributed by atoms with van der Waals surface area (Å²) in [7, 11) is 1.20. The second kappa shape index (κ2) is 9.63. The number of ether oxygens (including phenoxy) is 1. The van der Waals surface area contributed by atoms with Crippen LogP contribution in [0.15, 0.2) is 10.1 Å². The molecule has 0 aromatic heterocycles. The van der Waals surface area contributed by atoms with Gasteiger partial charge in [0.15, 0.2) is 10.9 Å². The number of nitrogens with one attached hydrogen (secondary N) is 1. The molecule has 1 rings (SSSR count). The van der Waals surface area contributed by atoms with E-state index in [0.29, 0.717) is 0 Å².